The number of benzene rings is 1. The first-order valence-electron chi connectivity index (χ1n) is 7.55. The monoisotopic (exact) mass is 352 g/mol. The molecule has 0 radical (unpaired) electrons. The lowest BCUT2D eigenvalue weighted by molar-refractivity contribution is -0.141. The Morgan fingerprint density at radius 1 is 1.24 bits per heavy atom. The maximum Gasteiger partial charge on any atom is 0.433 e. The maximum atomic E-state index is 12.7. The van der Waals surface area contributed by atoms with Crippen LogP contribution in [0.2, 0.25) is 0 Å². The number of hydrogen-bond acceptors (Lipinski definition) is 5. The Morgan fingerprint density at radius 2 is 1.96 bits per heavy atom. The van der Waals surface area contributed by atoms with Gasteiger partial charge in [0, 0.05) is 11.9 Å². The molecule has 2 heterocycles. The summed E-state index contributed by atoms with van der Waals surface area (Å²) < 4.78 is 43.0. The van der Waals surface area contributed by atoms with Gasteiger partial charge < -0.3 is 10.1 Å². The van der Waals surface area contributed by atoms with Gasteiger partial charge in [-0.3, -0.25) is 4.90 Å². The Morgan fingerprint density at radius 3 is 2.56 bits per heavy atom. The Hall–Kier alpha value is -2.84. The molecule has 1 aromatic heterocycles. The fraction of sp³-hybridized carbons (Fsp3) is 0.312. The molecule has 1 unspecified atom stereocenters. The zero-order chi connectivity index (χ0) is 18.0. The average Bonchev–Trinajstić information content (AvgIpc) is 3.00. The molecular weight excluding hydrogens is 337 g/mol. The van der Waals surface area contributed by atoms with Crippen molar-refractivity contribution in [1.82, 2.24) is 9.97 Å². The van der Waals surface area contributed by atoms with Gasteiger partial charge in [0.1, 0.15) is 12.3 Å². The summed E-state index contributed by atoms with van der Waals surface area (Å²) >= 11 is 0. The highest BCUT2D eigenvalue weighted by molar-refractivity contribution is 5.89. The van der Waals surface area contributed by atoms with Crippen molar-refractivity contribution in [2.24, 2.45) is 0 Å². The molecule has 1 aliphatic heterocycles. The van der Waals surface area contributed by atoms with Gasteiger partial charge in [0.25, 0.3) is 0 Å². The molecule has 25 heavy (non-hydrogen) atoms. The highest BCUT2D eigenvalue weighted by Gasteiger charge is 2.32. The van der Waals surface area contributed by atoms with E-state index in [4.69, 9.17) is 4.74 Å². The predicted octanol–water partition coefficient (Wildman–Crippen LogP) is 3.63. The molecule has 0 spiro atoms. The standard InChI is InChI=1S/C16H15F3N4O2/c1-10(21-14-20-7-6-13(22-14)16(17,18)19)11-2-4-12(5-3-11)23-8-9-25-15(23)24/h2-7,10H,8-9H2,1H3,(H,20,21,22). The molecule has 1 amide bonds. The molecule has 3 rings (SSSR count). The molecule has 1 aliphatic rings. The first-order chi connectivity index (χ1) is 11.8. The van der Waals surface area contributed by atoms with E-state index in [0.717, 1.165) is 17.8 Å². The molecule has 1 saturated heterocycles. The molecule has 0 aliphatic carbocycles. The number of rotatable bonds is 4. The van der Waals surface area contributed by atoms with Gasteiger partial charge in [0.15, 0.2) is 0 Å². The van der Waals surface area contributed by atoms with Crippen molar-refractivity contribution in [2.45, 2.75) is 19.1 Å². The summed E-state index contributed by atoms with van der Waals surface area (Å²) in [5, 5.41) is 2.84. The third-order valence-corrected chi connectivity index (χ3v) is 3.76. The summed E-state index contributed by atoms with van der Waals surface area (Å²) in [6, 6.07) is 7.58. The van der Waals surface area contributed by atoms with Crippen LogP contribution in [0.3, 0.4) is 0 Å². The van der Waals surface area contributed by atoms with Crippen molar-refractivity contribution in [2.75, 3.05) is 23.4 Å². The van der Waals surface area contributed by atoms with Crippen molar-refractivity contribution in [3.63, 3.8) is 0 Å². The van der Waals surface area contributed by atoms with E-state index >= 15 is 0 Å². The molecule has 1 aromatic carbocycles. The molecule has 1 fully saturated rings. The van der Waals surface area contributed by atoms with Crippen LogP contribution in [0, 0.1) is 0 Å². The number of carbonyl (C=O) groups excluding carboxylic acids is 1. The van der Waals surface area contributed by atoms with Gasteiger partial charge in [-0.05, 0) is 30.7 Å². The van der Waals surface area contributed by atoms with E-state index in [2.05, 4.69) is 15.3 Å². The van der Waals surface area contributed by atoms with E-state index in [0.29, 0.717) is 18.8 Å². The lowest BCUT2D eigenvalue weighted by Crippen LogP contribution is -2.23. The minimum absolute atomic E-state index is 0.102. The number of hydrogen-bond donors (Lipinski definition) is 1. The highest BCUT2D eigenvalue weighted by atomic mass is 19.4. The largest absolute Gasteiger partial charge is 0.447 e. The first kappa shape index (κ1) is 17.0. The zero-order valence-electron chi connectivity index (χ0n) is 13.2. The summed E-state index contributed by atoms with van der Waals surface area (Å²) in [5.41, 5.74) is 0.520. The Kier molecular flexibility index (Phi) is 4.47. The van der Waals surface area contributed by atoms with Gasteiger partial charge in [-0.25, -0.2) is 14.8 Å². The number of amides is 1. The molecule has 1 N–H and O–H groups in total. The van der Waals surface area contributed by atoms with Crippen molar-refractivity contribution < 1.29 is 22.7 Å². The van der Waals surface area contributed by atoms with Crippen LogP contribution in [0.5, 0.6) is 0 Å². The Balaban J connectivity index is 1.71. The topological polar surface area (TPSA) is 67.3 Å². The van der Waals surface area contributed by atoms with Gasteiger partial charge in [-0.2, -0.15) is 13.2 Å². The lowest BCUT2D eigenvalue weighted by atomic mass is 10.1. The van der Waals surface area contributed by atoms with Crippen LogP contribution in [-0.4, -0.2) is 29.2 Å². The van der Waals surface area contributed by atoms with E-state index in [-0.39, 0.29) is 12.0 Å². The smallest absolute Gasteiger partial charge is 0.433 e. The van der Waals surface area contributed by atoms with E-state index in [9.17, 15) is 18.0 Å². The Labute approximate surface area is 141 Å². The maximum absolute atomic E-state index is 12.7. The van der Waals surface area contributed by atoms with Crippen LogP contribution in [0.25, 0.3) is 0 Å². The van der Waals surface area contributed by atoms with Crippen molar-refractivity contribution in [1.29, 1.82) is 0 Å². The van der Waals surface area contributed by atoms with E-state index in [1.54, 1.807) is 31.2 Å². The molecule has 0 saturated carbocycles. The molecule has 132 valence electrons. The molecule has 1 atom stereocenters. The van der Waals surface area contributed by atoms with Crippen LogP contribution < -0.4 is 10.2 Å². The second kappa shape index (κ2) is 6.58. The fourth-order valence-corrected chi connectivity index (χ4v) is 2.43. The number of cyclic esters (lactones) is 1. The zero-order valence-corrected chi connectivity index (χ0v) is 13.2. The summed E-state index contributed by atoms with van der Waals surface area (Å²) in [6.07, 6.45) is -3.85. The minimum Gasteiger partial charge on any atom is -0.447 e. The highest BCUT2D eigenvalue weighted by Crippen LogP contribution is 2.28. The number of anilines is 2. The number of carbonyl (C=O) groups is 1. The molecule has 6 nitrogen and oxygen atoms in total. The molecule has 0 bridgehead atoms. The first-order valence-corrected chi connectivity index (χ1v) is 7.55. The molecule has 2 aromatic rings. The Bertz CT molecular complexity index is 765. The van der Waals surface area contributed by atoms with E-state index < -0.39 is 18.0 Å². The number of nitrogens with zero attached hydrogens (tertiary/aromatic N) is 3. The summed E-state index contributed by atoms with van der Waals surface area (Å²) in [5.74, 6) is -0.102. The average molecular weight is 352 g/mol. The van der Waals surface area contributed by atoms with Gasteiger partial charge in [0.05, 0.1) is 12.6 Å². The van der Waals surface area contributed by atoms with Crippen LogP contribution in [0.1, 0.15) is 24.2 Å². The van der Waals surface area contributed by atoms with E-state index in [1.165, 1.54) is 4.90 Å². The van der Waals surface area contributed by atoms with Crippen LogP contribution in [0.4, 0.5) is 29.6 Å². The van der Waals surface area contributed by atoms with Crippen molar-refractivity contribution in [3.8, 4) is 0 Å². The van der Waals surface area contributed by atoms with Crippen molar-refractivity contribution in [3.05, 3.63) is 47.8 Å². The van der Waals surface area contributed by atoms with Gasteiger partial charge >= 0.3 is 12.3 Å². The number of ether oxygens (including phenoxy) is 1. The van der Waals surface area contributed by atoms with Crippen molar-refractivity contribution >= 4 is 17.7 Å². The SMILES string of the molecule is CC(Nc1nccc(C(F)(F)F)n1)c1ccc(N2CCOC2=O)cc1. The summed E-state index contributed by atoms with van der Waals surface area (Å²) in [7, 11) is 0. The summed E-state index contributed by atoms with van der Waals surface area (Å²) in [6.45, 7) is 2.62. The minimum atomic E-state index is -4.52. The lowest BCUT2D eigenvalue weighted by Gasteiger charge is -2.17. The predicted molar refractivity (Wildman–Crippen MR) is 84.2 cm³/mol. The number of alkyl halides is 3. The molecular formula is C16H15F3N4O2. The normalized spacial score (nSPS) is 15.8. The van der Waals surface area contributed by atoms with Gasteiger partial charge in [-0.15, -0.1) is 0 Å². The third-order valence-electron chi connectivity index (χ3n) is 3.76. The van der Waals surface area contributed by atoms with Crippen LogP contribution in [0.15, 0.2) is 36.5 Å². The second-order valence-electron chi connectivity index (χ2n) is 5.49. The van der Waals surface area contributed by atoms with Gasteiger partial charge in [0.2, 0.25) is 5.95 Å². The fourth-order valence-electron chi connectivity index (χ4n) is 2.43. The number of aromatic nitrogens is 2. The van der Waals surface area contributed by atoms with Crippen LogP contribution >= 0.6 is 0 Å². The number of halogens is 3. The van der Waals surface area contributed by atoms with E-state index in [1.807, 2.05) is 0 Å². The third kappa shape index (κ3) is 3.81. The number of nitrogens with one attached hydrogen (secondary N) is 1. The van der Waals surface area contributed by atoms with Crippen LogP contribution in [-0.2, 0) is 10.9 Å². The quantitative estimate of drug-likeness (QED) is 0.910. The second-order valence-corrected chi connectivity index (χ2v) is 5.49. The summed E-state index contributed by atoms with van der Waals surface area (Å²) in [4.78, 5) is 20.3. The van der Waals surface area contributed by atoms with Gasteiger partial charge in [-0.1, -0.05) is 12.1 Å². The molecule has 9 heteroatoms.